The highest BCUT2D eigenvalue weighted by atomic mass is 79.9. The molecule has 0 heterocycles. The first kappa shape index (κ1) is 12.2. The molecule has 0 saturated carbocycles. The summed E-state index contributed by atoms with van der Waals surface area (Å²) >= 11 is 20.4. The number of halogens is 4. The second-order valence-corrected chi connectivity index (χ2v) is 4.56. The molecule has 1 nitrogen and oxygen atoms in total. The number of hydrogen-bond acceptors (Lipinski definition) is 1. The fourth-order valence-corrected chi connectivity index (χ4v) is 1.74. The zero-order valence-corrected chi connectivity index (χ0v) is 10.9. The van der Waals surface area contributed by atoms with E-state index in [1.54, 1.807) is 0 Å². The van der Waals surface area contributed by atoms with E-state index in [0.717, 1.165) is 10.2 Å². The molecule has 76 valence electrons. The van der Waals surface area contributed by atoms with Gasteiger partial charge >= 0.3 is 0 Å². The fourth-order valence-electron chi connectivity index (χ4n) is 0.851. The van der Waals surface area contributed by atoms with Crippen LogP contribution in [0.2, 0.25) is 5.02 Å². The van der Waals surface area contributed by atoms with Gasteiger partial charge in [0.15, 0.2) is 0 Å². The Labute approximate surface area is 106 Å². The van der Waals surface area contributed by atoms with Gasteiger partial charge < -0.3 is 5.32 Å². The summed E-state index contributed by atoms with van der Waals surface area (Å²) in [6.45, 7) is 0.465. The lowest BCUT2D eigenvalue weighted by Gasteiger charge is -2.07. The summed E-state index contributed by atoms with van der Waals surface area (Å²) in [7, 11) is 0. The summed E-state index contributed by atoms with van der Waals surface area (Å²) in [6.07, 6.45) is 0. The lowest BCUT2D eigenvalue weighted by atomic mass is 10.3. The summed E-state index contributed by atoms with van der Waals surface area (Å²) in [6, 6.07) is 5.57. The highest BCUT2D eigenvalue weighted by Gasteiger charge is 2.00. The van der Waals surface area contributed by atoms with Gasteiger partial charge in [-0.25, -0.2) is 0 Å². The molecular formula is C9H7BrCl3N. The molecule has 5 heteroatoms. The van der Waals surface area contributed by atoms with Crippen molar-refractivity contribution in [1.82, 2.24) is 0 Å². The molecule has 0 spiro atoms. The molecule has 0 fully saturated rings. The molecule has 0 aromatic heterocycles. The molecule has 14 heavy (non-hydrogen) atoms. The molecule has 1 rings (SSSR count). The summed E-state index contributed by atoms with van der Waals surface area (Å²) in [5.74, 6) is 0. The van der Waals surface area contributed by atoms with E-state index in [1.807, 2.05) is 18.2 Å². The topological polar surface area (TPSA) is 12.0 Å². The third-order valence-electron chi connectivity index (χ3n) is 1.50. The highest BCUT2D eigenvalue weighted by molar-refractivity contribution is 9.10. The zero-order chi connectivity index (χ0) is 10.6. The largest absolute Gasteiger partial charge is 0.379 e. The number of rotatable bonds is 3. The Morgan fingerprint density at radius 2 is 2.21 bits per heavy atom. The maximum atomic E-state index is 5.97. The molecule has 0 saturated heterocycles. The molecule has 1 aromatic rings. The van der Waals surface area contributed by atoms with Crippen LogP contribution in [0.15, 0.2) is 33.2 Å². The van der Waals surface area contributed by atoms with Crippen molar-refractivity contribution in [3.8, 4) is 0 Å². The van der Waals surface area contributed by atoms with E-state index in [2.05, 4.69) is 21.2 Å². The molecule has 0 bridgehead atoms. The van der Waals surface area contributed by atoms with Crippen LogP contribution in [0, 0.1) is 0 Å². The van der Waals surface area contributed by atoms with E-state index in [1.165, 1.54) is 5.54 Å². The van der Waals surface area contributed by atoms with Crippen LogP contribution in [-0.2, 0) is 0 Å². The van der Waals surface area contributed by atoms with E-state index >= 15 is 0 Å². The molecule has 0 aliphatic heterocycles. The second-order valence-electron chi connectivity index (χ2n) is 2.53. The van der Waals surface area contributed by atoms with Gasteiger partial charge in [0.1, 0.15) is 0 Å². The van der Waals surface area contributed by atoms with Crippen LogP contribution in [-0.4, -0.2) is 6.54 Å². The van der Waals surface area contributed by atoms with E-state index < -0.39 is 0 Å². The minimum Gasteiger partial charge on any atom is -0.379 e. The summed E-state index contributed by atoms with van der Waals surface area (Å²) in [5, 5.41) is 4.22. The van der Waals surface area contributed by atoms with Gasteiger partial charge in [-0.1, -0.05) is 50.7 Å². The average Bonchev–Trinajstić information content (AvgIpc) is 2.16. The van der Waals surface area contributed by atoms with E-state index in [0.29, 0.717) is 16.6 Å². The van der Waals surface area contributed by atoms with Crippen LogP contribution < -0.4 is 5.32 Å². The van der Waals surface area contributed by atoms with Gasteiger partial charge in [0.05, 0.1) is 17.3 Å². The van der Waals surface area contributed by atoms with Crippen molar-refractivity contribution >= 4 is 56.4 Å². The van der Waals surface area contributed by atoms with Crippen LogP contribution in [0.3, 0.4) is 0 Å². The van der Waals surface area contributed by atoms with Gasteiger partial charge in [0, 0.05) is 15.0 Å². The third kappa shape index (κ3) is 3.70. The lowest BCUT2D eigenvalue weighted by molar-refractivity contribution is 1.31. The van der Waals surface area contributed by atoms with E-state index in [9.17, 15) is 0 Å². The Morgan fingerprint density at radius 3 is 2.79 bits per heavy atom. The molecule has 0 unspecified atom stereocenters. The lowest BCUT2D eigenvalue weighted by Crippen LogP contribution is -2.01. The van der Waals surface area contributed by atoms with Crippen molar-refractivity contribution < 1.29 is 0 Å². The van der Waals surface area contributed by atoms with Crippen molar-refractivity contribution in [2.24, 2.45) is 0 Å². The highest BCUT2D eigenvalue weighted by Crippen LogP contribution is 2.25. The first-order valence-corrected chi connectivity index (χ1v) is 5.75. The number of anilines is 1. The standard InChI is InChI=1S/C9H7BrCl3N/c10-6-1-2-9(8(13)3-6)14-5-7(12)4-11/h1-4,14H,5H2. The van der Waals surface area contributed by atoms with Crippen LogP contribution in [0.25, 0.3) is 0 Å². The van der Waals surface area contributed by atoms with Crippen LogP contribution in [0.5, 0.6) is 0 Å². The van der Waals surface area contributed by atoms with Crippen LogP contribution in [0.4, 0.5) is 5.69 Å². The van der Waals surface area contributed by atoms with Crippen molar-refractivity contribution in [3.05, 3.63) is 38.3 Å². The molecular weight excluding hydrogens is 308 g/mol. The van der Waals surface area contributed by atoms with Gasteiger partial charge in [0.25, 0.3) is 0 Å². The summed E-state index contributed by atoms with van der Waals surface area (Å²) in [5.41, 5.74) is 2.15. The number of hydrogen-bond donors (Lipinski definition) is 1. The summed E-state index contributed by atoms with van der Waals surface area (Å²) in [4.78, 5) is 0. The maximum absolute atomic E-state index is 5.97. The Hall–Kier alpha value is 0.110. The normalized spacial score (nSPS) is 11.6. The maximum Gasteiger partial charge on any atom is 0.0648 e. The van der Waals surface area contributed by atoms with Gasteiger partial charge in [-0.15, -0.1) is 0 Å². The number of nitrogens with one attached hydrogen (secondary N) is 1. The summed E-state index contributed by atoms with van der Waals surface area (Å²) < 4.78 is 0.937. The Balaban J connectivity index is 2.68. The van der Waals surface area contributed by atoms with Crippen LogP contribution in [0.1, 0.15) is 0 Å². The Morgan fingerprint density at radius 1 is 1.50 bits per heavy atom. The Kier molecular flexibility index (Phi) is 5.10. The van der Waals surface area contributed by atoms with Gasteiger partial charge in [-0.3, -0.25) is 0 Å². The van der Waals surface area contributed by atoms with Crippen molar-refractivity contribution in [3.63, 3.8) is 0 Å². The van der Waals surface area contributed by atoms with Crippen LogP contribution >= 0.6 is 50.7 Å². The van der Waals surface area contributed by atoms with E-state index in [4.69, 9.17) is 34.8 Å². The molecule has 0 amide bonds. The number of benzene rings is 1. The molecule has 0 aliphatic rings. The van der Waals surface area contributed by atoms with Crippen molar-refractivity contribution in [2.45, 2.75) is 0 Å². The quantitative estimate of drug-likeness (QED) is 0.842. The minimum absolute atomic E-state index is 0.465. The molecule has 1 aromatic carbocycles. The predicted molar refractivity (Wildman–Crippen MR) is 67.4 cm³/mol. The molecule has 0 atom stereocenters. The first-order valence-electron chi connectivity index (χ1n) is 3.77. The van der Waals surface area contributed by atoms with Gasteiger partial charge in [-0.05, 0) is 18.2 Å². The van der Waals surface area contributed by atoms with Gasteiger partial charge in [-0.2, -0.15) is 0 Å². The monoisotopic (exact) mass is 313 g/mol. The average molecular weight is 315 g/mol. The SMILES string of the molecule is ClC=C(Cl)CNc1ccc(Br)cc1Cl. The first-order chi connectivity index (χ1) is 6.63. The van der Waals surface area contributed by atoms with E-state index in [-0.39, 0.29) is 0 Å². The minimum atomic E-state index is 0.465. The molecule has 1 N–H and O–H groups in total. The third-order valence-corrected chi connectivity index (χ3v) is 2.92. The van der Waals surface area contributed by atoms with Gasteiger partial charge in [0.2, 0.25) is 0 Å². The smallest absolute Gasteiger partial charge is 0.0648 e. The fraction of sp³-hybridized carbons (Fsp3) is 0.111. The molecule has 0 aliphatic carbocycles. The van der Waals surface area contributed by atoms with Crippen molar-refractivity contribution in [1.29, 1.82) is 0 Å². The molecule has 0 radical (unpaired) electrons. The zero-order valence-electron chi connectivity index (χ0n) is 7.03. The predicted octanol–water partition coefficient (Wildman–Crippen LogP) is 4.83. The Bertz CT molecular complexity index is 352. The second kappa shape index (κ2) is 5.86. The van der Waals surface area contributed by atoms with Crippen molar-refractivity contribution in [2.75, 3.05) is 11.9 Å².